The number of halogens is 1. The van der Waals surface area contributed by atoms with Crippen LogP contribution in [0.2, 0.25) is 0 Å². The van der Waals surface area contributed by atoms with Crippen LogP contribution in [-0.2, 0) is 13.0 Å². The third kappa shape index (κ3) is 3.95. The molecule has 114 valence electrons. The second kappa shape index (κ2) is 7.23. The Kier molecular flexibility index (Phi) is 5.59. The molecule has 0 saturated heterocycles. The van der Waals surface area contributed by atoms with Gasteiger partial charge in [0.15, 0.2) is 0 Å². The van der Waals surface area contributed by atoms with E-state index in [1.165, 1.54) is 5.56 Å². The predicted octanol–water partition coefficient (Wildman–Crippen LogP) is 4.34. The van der Waals surface area contributed by atoms with Gasteiger partial charge in [0.1, 0.15) is 6.10 Å². The summed E-state index contributed by atoms with van der Waals surface area (Å²) in [7, 11) is 0. The molecule has 0 fully saturated rings. The first-order valence-corrected chi connectivity index (χ1v) is 8.30. The van der Waals surface area contributed by atoms with Gasteiger partial charge < -0.3 is 5.11 Å². The van der Waals surface area contributed by atoms with Crippen LogP contribution in [0.4, 0.5) is 0 Å². The van der Waals surface area contributed by atoms with Gasteiger partial charge in [-0.15, -0.1) is 0 Å². The first-order chi connectivity index (χ1) is 10.0. The molecule has 2 aromatic rings. The Bertz CT molecular complexity index is 575. The van der Waals surface area contributed by atoms with E-state index in [0.29, 0.717) is 5.92 Å². The van der Waals surface area contributed by atoms with E-state index in [9.17, 15) is 5.11 Å². The van der Waals surface area contributed by atoms with Gasteiger partial charge in [-0.25, -0.2) is 0 Å². The number of rotatable bonds is 6. The van der Waals surface area contributed by atoms with Crippen molar-refractivity contribution in [1.82, 2.24) is 9.78 Å². The molecule has 21 heavy (non-hydrogen) atoms. The lowest BCUT2D eigenvalue weighted by atomic mass is 9.99. The zero-order valence-electron chi connectivity index (χ0n) is 12.9. The molecule has 0 saturated carbocycles. The lowest BCUT2D eigenvalue weighted by Crippen LogP contribution is -2.10. The van der Waals surface area contributed by atoms with E-state index in [-0.39, 0.29) is 0 Å². The van der Waals surface area contributed by atoms with Crippen LogP contribution in [-0.4, -0.2) is 14.9 Å². The number of benzene rings is 1. The molecule has 1 N–H and O–H groups in total. The van der Waals surface area contributed by atoms with Crippen LogP contribution in [0.1, 0.15) is 50.1 Å². The lowest BCUT2D eigenvalue weighted by molar-refractivity contribution is 0.206. The molecular formula is C17H23BrN2O. The Morgan fingerprint density at radius 3 is 2.48 bits per heavy atom. The Morgan fingerprint density at radius 2 is 1.90 bits per heavy atom. The van der Waals surface area contributed by atoms with Gasteiger partial charge >= 0.3 is 0 Å². The zero-order valence-corrected chi connectivity index (χ0v) is 14.5. The molecule has 0 spiro atoms. The van der Waals surface area contributed by atoms with Crippen molar-refractivity contribution in [3.05, 3.63) is 51.8 Å². The Hall–Kier alpha value is -1.13. The van der Waals surface area contributed by atoms with Gasteiger partial charge in [-0.2, -0.15) is 5.10 Å². The number of aliphatic hydroxyl groups excluding tert-OH is 1. The van der Waals surface area contributed by atoms with Crippen LogP contribution >= 0.6 is 15.9 Å². The molecule has 1 aromatic carbocycles. The molecular weight excluding hydrogens is 328 g/mol. The third-order valence-corrected chi connectivity index (χ3v) is 4.08. The number of nitrogens with zero attached hydrogens (tertiary/aromatic N) is 2. The predicted molar refractivity (Wildman–Crippen MR) is 89.3 cm³/mol. The third-order valence-electron chi connectivity index (χ3n) is 3.47. The first kappa shape index (κ1) is 16.2. The topological polar surface area (TPSA) is 38.0 Å². The monoisotopic (exact) mass is 350 g/mol. The number of aromatic nitrogens is 2. The van der Waals surface area contributed by atoms with Crippen molar-refractivity contribution in [3.63, 3.8) is 0 Å². The van der Waals surface area contributed by atoms with Crippen molar-refractivity contribution in [2.45, 2.75) is 46.3 Å². The molecule has 1 unspecified atom stereocenters. The second-order valence-electron chi connectivity index (χ2n) is 5.84. The summed E-state index contributed by atoms with van der Waals surface area (Å²) in [6, 6.07) is 8.23. The molecule has 4 heteroatoms. The highest BCUT2D eigenvalue weighted by atomic mass is 79.9. The fourth-order valence-electron chi connectivity index (χ4n) is 2.50. The van der Waals surface area contributed by atoms with Crippen molar-refractivity contribution in [3.8, 4) is 0 Å². The fourth-order valence-corrected chi connectivity index (χ4v) is 3.01. The van der Waals surface area contributed by atoms with Gasteiger partial charge in [0.05, 0.1) is 16.4 Å². The van der Waals surface area contributed by atoms with E-state index in [1.54, 1.807) is 6.20 Å². The molecule has 0 bridgehead atoms. The van der Waals surface area contributed by atoms with Crippen LogP contribution in [0.25, 0.3) is 0 Å². The van der Waals surface area contributed by atoms with E-state index in [4.69, 9.17) is 0 Å². The minimum Gasteiger partial charge on any atom is -0.382 e. The minimum absolute atomic E-state index is 0.640. The standard InChI is InChI=1S/C17H23BrN2O/c1-4-9-20-16(15(18)11-19-20)17(21)14-7-5-13(6-8-14)10-12(2)3/h5-8,11-12,17,21H,4,9-10H2,1-3H3. The highest BCUT2D eigenvalue weighted by Crippen LogP contribution is 2.29. The number of aryl methyl sites for hydroxylation is 1. The maximum Gasteiger partial charge on any atom is 0.122 e. The fraction of sp³-hybridized carbons (Fsp3) is 0.471. The van der Waals surface area contributed by atoms with E-state index in [2.05, 4.69) is 53.9 Å². The van der Waals surface area contributed by atoms with Crippen LogP contribution < -0.4 is 0 Å². The van der Waals surface area contributed by atoms with Crippen molar-refractivity contribution < 1.29 is 5.11 Å². The Balaban J connectivity index is 2.23. The average molecular weight is 351 g/mol. The molecule has 2 rings (SSSR count). The number of aliphatic hydroxyl groups is 1. The molecule has 0 aliphatic rings. The highest BCUT2D eigenvalue weighted by Gasteiger charge is 2.19. The number of hydrogen-bond acceptors (Lipinski definition) is 2. The smallest absolute Gasteiger partial charge is 0.122 e. The molecule has 1 atom stereocenters. The molecule has 0 aliphatic heterocycles. The maximum atomic E-state index is 10.7. The van der Waals surface area contributed by atoms with E-state index < -0.39 is 6.10 Å². The van der Waals surface area contributed by atoms with Crippen LogP contribution in [0.3, 0.4) is 0 Å². The van der Waals surface area contributed by atoms with Crippen LogP contribution in [0.5, 0.6) is 0 Å². The summed E-state index contributed by atoms with van der Waals surface area (Å²) in [4.78, 5) is 0. The first-order valence-electron chi connectivity index (χ1n) is 7.51. The van der Waals surface area contributed by atoms with Crippen LogP contribution in [0.15, 0.2) is 34.9 Å². The van der Waals surface area contributed by atoms with Crippen LogP contribution in [0, 0.1) is 5.92 Å². The SMILES string of the molecule is CCCn1ncc(Br)c1C(O)c1ccc(CC(C)C)cc1. The summed E-state index contributed by atoms with van der Waals surface area (Å²) in [5, 5.41) is 15.0. The highest BCUT2D eigenvalue weighted by molar-refractivity contribution is 9.10. The zero-order chi connectivity index (χ0) is 15.4. The lowest BCUT2D eigenvalue weighted by Gasteiger charge is -2.15. The molecule has 3 nitrogen and oxygen atoms in total. The molecule has 1 heterocycles. The van der Waals surface area contributed by atoms with Crippen molar-refractivity contribution in [2.24, 2.45) is 5.92 Å². The van der Waals surface area contributed by atoms with Gasteiger partial charge in [-0.3, -0.25) is 4.68 Å². The molecule has 0 aliphatic carbocycles. The Morgan fingerprint density at radius 1 is 1.24 bits per heavy atom. The molecule has 0 amide bonds. The average Bonchev–Trinajstić information content (AvgIpc) is 2.80. The minimum atomic E-state index is -0.651. The van der Waals surface area contributed by atoms with Crippen molar-refractivity contribution in [2.75, 3.05) is 0 Å². The van der Waals surface area contributed by atoms with E-state index >= 15 is 0 Å². The van der Waals surface area contributed by atoms with E-state index in [1.807, 2.05) is 16.8 Å². The summed E-state index contributed by atoms with van der Waals surface area (Å²) in [5.74, 6) is 0.640. The van der Waals surface area contributed by atoms with Gasteiger partial charge in [0.25, 0.3) is 0 Å². The van der Waals surface area contributed by atoms with Gasteiger partial charge in [0, 0.05) is 6.54 Å². The quantitative estimate of drug-likeness (QED) is 0.841. The summed E-state index contributed by atoms with van der Waals surface area (Å²) in [6.07, 6.45) is 3.15. The Labute approximate surface area is 135 Å². The van der Waals surface area contributed by atoms with E-state index in [0.717, 1.165) is 35.1 Å². The van der Waals surface area contributed by atoms with Crippen molar-refractivity contribution in [1.29, 1.82) is 0 Å². The summed E-state index contributed by atoms with van der Waals surface area (Å²) >= 11 is 3.49. The maximum absolute atomic E-state index is 10.7. The molecule has 1 aromatic heterocycles. The summed E-state index contributed by atoms with van der Waals surface area (Å²) in [5.41, 5.74) is 3.04. The summed E-state index contributed by atoms with van der Waals surface area (Å²) < 4.78 is 2.73. The normalized spacial score (nSPS) is 12.9. The number of hydrogen-bond donors (Lipinski definition) is 1. The van der Waals surface area contributed by atoms with Gasteiger partial charge in [-0.05, 0) is 45.8 Å². The van der Waals surface area contributed by atoms with Gasteiger partial charge in [0.2, 0.25) is 0 Å². The van der Waals surface area contributed by atoms with Gasteiger partial charge in [-0.1, -0.05) is 45.0 Å². The molecule has 0 radical (unpaired) electrons. The van der Waals surface area contributed by atoms with Crippen molar-refractivity contribution >= 4 is 15.9 Å². The summed E-state index contributed by atoms with van der Waals surface area (Å²) in [6.45, 7) is 7.34. The largest absolute Gasteiger partial charge is 0.382 e. The second-order valence-corrected chi connectivity index (χ2v) is 6.70.